The number of hydrogen-bond acceptors (Lipinski definition) is 2. The molecule has 110 valence electrons. The molecule has 0 saturated heterocycles. The highest BCUT2D eigenvalue weighted by molar-refractivity contribution is 5.56. The van der Waals surface area contributed by atoms with Gasteiger partial charge in [0.1, 0.15) is 0 Å². The van der Waals surface area contributed by atoms with E-state index in [2.05, 4.69) is 37.1 Å². The molecule has 1 unspecified atom stereocenters. The van der Waals surface area contributed by atoms with Gasteiger partial charge in [-0.05, 0) is 54.7 Å². The number of hydrogen-bond donors (Lipinski definition) is 1. The molecule has 0 radical (unpaired) electrons. The topological polar surface area (TPSA) is 23.5 Å². The maximum Gasteiger partial charge on any atom is 0.0818 e. The quantitative estimate of drug-likeness (QED) is 0.882. The van der Waals surface area contributed by atoms with Crippen LogP contribution in [-0.2, 0) is 6.42 Å². The summed E-state index contributed by atoms with van der Waals surface area (Å²) in [5, 5.41) is 10.7. The third-order valence-electron chi connectivity index (χ3n) is 5.30. The van der Waals surface area contributed by atoms with E-state index in [0.717, 1.165) is 24.4 Å². The minimum Gasteiger partial charge on any atom is -0.388 e. The molecular weight excluding hydrogens is 246 g/mol. The van der Waals surface area contributed by atoms with Crippen LogP contribution in [0.15, 0.2) is 18.2 Å². The van der Waals surface area contributed by atoms with Crippen molar-refractivity contribution in [3.63, 3.8) is 0 Å². The van der Waals surface area contributed by atoms with Gasteiger partial charge in [0, 0.05) is 19.3 Å². The molecule has 20 heavy (non-hydrogen) atoms. The molecule has 2 nitrogen and oxygen atoms in total. The van der Waals surface area contributed by atoms with Crippen LogP contribution in [0.3, 0.4) is 0 Å². The molecule has 1 N–H and O–H groups in total. The highest BCUT2D eigenvalue weighted by Gasteiger charge is 2.26. The SMILES string of the molecule is CC1CCC(C(O)c2ccc3c(c2)CCCN3C)CC1. The molecule has 1 aliphatic carbocycles. The predicted octanol–water partition coefficient (Wildman–Crippen LogP) is 3.93. The second kappa shape index (κ2) is 5.77. The molecule has 0 bridgehead atoms. The Morgan fingerprint density at radius 1 is 1.20 bits per heavy atom. The van der Waals surface area contributed by atoms with E-state index in [9.17, 15) is 5.11 Å². The molecule has 1 heterocycles. The predicted molar refractivity (Wildman–Crippen MR) is 84.1 cm³/mol. The highest BCUT2D eigenvalue weighted by atomic mass is 16.3. The Morgan fingerprint density at radius 3 is 2.70 bits per heavy atom. The van der Waals surface area contributed by atoms with Crippen LogP contribution in [0, 0.1) is 11.8 Å². The molecule has 1 saturated carbocycles. The van der Waals surface area contributed by atoms with Crippen molar-refractivity contribution in [1.29, 1.82) is 0 Å². The number of aryl methyl sites for hydroxylation is 1. The zero-order valence-electron chi connectivity index (χ0n) is 12.8. The summed E-state index contributed by atoms with van der Waals surface area (Å²) in [5.41, 5.74) is 3.91. The fraction of sp³-hybridized carbons (Fsp3) is 0.667. The van der Waals surface area contributed by atoms with Gasteiger partial charge in [0.15, 0.2) is 0 Å². The van der Waals surface area contributed by atoms with Crippen molar-refractivity contribution in [3.05, 3.63) is 29.3 Å². The van der Waals surface area contributed by atoms with E-state index in [0.29, 0.717) is 5.92 Å². The Hall–Kier alpha value is -1.02. The summed E-state index contributed by atoms with van der Waals surface area (Å²) in [4.78, 5) is 2.33. The van der Waals surface area contributed by atoms with E-state index < -0.39 is 0 Å². The van der Waals surface area contributed by atoms with Crippen molar-refractivity contribution in [2.75, 3.05) is 18.5 Å². The Balaban J connectivity index is 1.77. The Bertz CT molecular complexity index is 462. The van der Waals surface area contributed by atoms with Gasteiger partial charge in [0.2, 0.25) is 0 Å². The lowest BCUT2D eigenvalue weighted by Gasteiger charge is -2.32. The number of fused-ring (bicyclic) bond motifs is 1. The third-order valence-corrected chi connectivity index (χ3v) is 5.30. The van der Waals surface area contributed by atoms with Crippen molar-refractivity contribution in [2.24, 2.45) is 11.8 Å². The summed E-state index contributed by atoms with van der Waals surface area (Å²) in [7, 11) is 2.16. The lowest BCUT2D eigenvalue weighted by atomic mass is 9.78. The molecule has 0 aromatic heterocycles. The normalized spacial score (nSPS) is 28.1. The summed E-state index contributed by atoms with van der Waals surface area (Å²) in [5.74, 6) is 1.31. The van der Waals surface area contributed by atoms with Crippen molar-refractivity contribution in [3.8, 4) is 0 Å². The summed E-state index contributed by atoms with van der Waals surface area (Å²) in [6.45, 7) is 3.48. The van der Waals surface area contributed by atoms with Crippen molar-refractivity contribution in [1.82, 2.24) is 0 Å². The van der Waals surface area contributed by atoms with E-state index in [4.69, 9.17) is 0 Å². The van der Waals surface area contributed by atoms with Crippen LogP contribution in [0.25, 0.3) is 0 Å². The lowest BCUT2D eigenvalue weighted by molar-refractivity contribution is 0.0755. The van der Waals surface area contributed by atoms with E-state index >= 15 is 0 Å². The Kier molecular flexibility index (Phi) is 4.02. The van der Waals surface area contributed by atoms with Crippen molar-refractivity contribution < 1.29 is 5.11 Å². The molecule has 1 fully saturated rings. The smallest absolute Gasteiger partial charge is 0.0818 e. The summed E-state index contributed by atoms with van der Waals surface area (Å²) < 4.78 is 0. The zero-order chi connectivity index (χ0) is 14.1. The van der Waals surface area contributed by atoms with Crippen LogP contribution >= 0.6 is 0 Å². The van der Waals surface area contributed by atoms with E-state index in [1.807, 2.05) is 0 Å². The molecule has 1 aliphatic heterocycles. The standard InChI is InChI=1S/C18H27NO/c1-13-5-7-14(8-6-13)18(20)16-9-10-17-15(12-16)4-3-11-19(17)2/h9-10,12-14,18,20H,3-8,11H2,1-2H3. The number of anilines is 1. The fourth-order valence-electron chi connectivity index (χ4n) is 3.86. The van der Waals surface area contributed by atoms with E-state index in [1.165, 1.54) is 43.4 Å². The zero-order valence-corrected chi connectivity index (χ0v) is 12.8. The first-order chi connectivity index (χ1) is 9.65. The second-order valence-corrected chi connectivity index (χ2v) is 6.88. The van der Waals surface area contributed by atoms with Gasteiger partial charge in [0.25, 0.3) is 0 Å². The van der Waals surface area contributed by atoms with Crippen molar-refractivity contribution in [2.45, 2.75) is 51.6 Å². The average Bonchev–Trinajstić information content (AvgIpc) is 2.47. The molecular formula is C18H27NO. The molecule has 1 atom stereocenters. The largest absolute Gasteiger partial charge is 0.388 e. The minimum absolute atomic E-state index is 0.264. The Labute approximate surface area is 122 Å². The van der Waals surface area contributed by atoms with Gasteiger partial charge < -0.3 is 10.0 Å². The van der Waals surface area contributed by atoms with E-state index in [1.54, 1.807) is 0 Å². The second-order valence-electron chi connectivity index (χ2n) is 6.88. The van der Waals surface area contributed by atoms with Gasteiger partial charge in [-0.3, -0.25) is 0 Å². The summed E-state index contributed by atoms with van der Waals surface area (Å²) in [6, 6.07) is 6.61. The lowest BCUT2D eigenvalue weighted by Crippen LogP contribution is -2.25. The van der Waals surface area contributed by atoms with Gasteiger partial charge in [-0.1, -0.05) is 31.9 Å². The van der Waals surface area contributed by atoms with Crippen LogP contribution in [-0.4, -0.2) is 18.7 Å². The number of nitrogens with zero attached hydrogens (tertiary/aromatic N) is 1. The third kappa shape index (κ3) is 2.71. The molecule has 0 spiro atoms. The first kappa shape index (κ1) is 13.9. The molecule has 1 aromatic rings. The number of benzene rings is 1. The van der Waals surface area contributed by atoms with Gasteiger partial charge in [-0.15, -0.1) is 0 Å². The number of rotatable bonds is 2. The molecule has 0 amide bonds. The molecule has 2 aliphatic rings. The van der Waals surface area contributed by atoms with Crippen LogP contribution in [0.1, 0.15) is 56.3 Å². The summed E-state index contributed by atoms with van der Waals surface area (Å²) in [6.07, 6.45) is 7.02. The van der Waals surface area contributed by atoms with Crippen LogP contribution in [0.2, 0.25) is 0 Å². The highest BCUT2D eigenvalue weighted by Crippen LogP contribution is 2.38. The molecule has 2 heteroatoms. The summed E-state index contributed by atoms with van der Waals surface area (Å²) >= 11 is 0. The first-order valence-electron chi connectivity index (χ1n) is 8.17. The van der Waals surface area contributed by atoms with Gasteiger partial charge in [-0.25, -0.2) is 0 Å². The monoisotopic (exact) mass is 273 g/mol. The Morgan fingerprint density at radius 2 is 1.95 bits per heavy atom. The van der Waals surface area contributed by atoms with Crippen molar-refractivity contribution >= 4 is 5.69 Å². The van der Waals surface area contributed by atoms with Gasteiger partial charge >= 0.3 is 0 Å². The van der Waals surface area contributed by atoms with Gasteiger partial charge in [0.05, 0.1) is 6.10 Å². The van der Waals surface area contributed by atoms with E-state index in [-0.39, 0.29) is 6.10 Å². The maximum atomic E-state index is 10.7. The minimum atomic E-state index is -0.264. The van der Waals surface area contributed by atoms with Crippen LogP contribution in [0.5, 0.6) is 0 Å². The first-order valence-corrected chi connectivity index (χ1v) is 8.17. The van der Waals surface area contributed by atoms with Gasteiger partial charge in [-0.2, -0.15) is 0 Å². The van der Waals surface area contributed by atoms with Crippen LogP contribution < -0.4 is 4.90 Å². The molecule has 3 rings (SSSR count). The average molecular weight is 273 g/mol. The molecule has 1 aromatic carbocycles. The fourth-order valence-corrected chi connectivity index (χ4v) is 3.86. The van der Waals surface area contributed by atoms with Crippen LogP contribution in [0.4, 0.5) is 5.69 Å². The number of aliphatic hydroxyl groups is 1. The number of aliphatic hydroxyl groups excluding tert-OH is 1. The maximum absolute atomic E-state index is 10.7.